The molecule has 0 N–H and O–H groups in total. The van der Waals surface area contributed by atoms with Crippen molar-refractivity contribution in [2.45, 2.75) is 19.1 Å². The van der Waals surface area contributed by atoms with Gasteiger partial charge in [0, 0.05) is 0 Å². The van der Waals surface area contributed by atoms with Crippen molar-refractivity contribution in [2.75, 3.05) is 6.16 Å². The number of halogens is 1. The number of hydrogen-bond acceptors (Lipinski definition) is 2. The van der Waals surface area contributed by atoms with Crippen LogP contribution < -0.4 is 15.9 Å². The van der Waals surface area contributed by atoms with E-state index in [0.29, 0.717) is 0 Å². The van der Waals surface area contributed by atoms with Gasteiger partial charge in [0.15, 0.2) is 0 Å². The summed E-state index contributed by atoms with van der Waals surface area (Å²) in [6, 6.07) is 32.4. The minimum absolute atomic E-state index is 0.644. The van der Waals surface area contributed by atoms with Crippen molar-refractivity contribution < 1.29 is 9.47 Å². The first-order chi connectivity index (χ1) is 13.5. The topological polar surface area (TPSA) is 18.5 Å². The van der Waals surface area contributed by atoms with Crippen LogP contribution in [0.2, 0.25) is 0 Å². The van der Waals surface area contributed by atoms with Crippen LogP contribution in [0.5, 0.6) is 0 Å². The van der Waals surface area contributed by atoms with Gasteiger partial charge in [-0.25, -0.2) is 0 Å². The van der Waals surface area contributed by atoms with Crippen LogP contribution in [0.25, 0.3) is 0 Å². The SMILES string of the molecule is CC1(CCP(Br)(c2ccccc2)(c2ccccc2)c2ccccc2)OC=CO1. The van der Waals surface area contributed by atoms with Crippen molar-refractivity contribution in [3.63, 3.8) is 0 Å². The van der Waals surface area contributed by atoms with E-state index in [-0.39, 0.29) is 0 Å². The van der Waals surface area contributed by atoms with E-state index in [1.165, 1.54) is 15.9 Å². The third-order valence-electron chi connectivity index (χ3n) is 5.56. The second kappa shape index (κ2) is 7.39. The molecule has 1 aliphatic heterocycles. The van der Waals surface area contributed by atoms with Gasteiger partial charge in [0.2, 0.25) is 0 Å². The zero-order valence-corrected chi connectivity index (χ0v) is 18.4. The Morgan fingerprint density at radius 3 is 1.39 bits per heavy atom. The fourth-order valence-corrected chi connectivity index (χ4v) is 11.5. The Kier molecular flexibility index (Phi) is 5.07. The Balaban J connectivity index is 1.95. The Morgan fingerprint density at radius 2 is 1.04 bits per heavy atom. The molecule has 28 heavy (non-hydrogen) atoms. The molecule has 0 fully saturated rings. The van der Waals surface area contributed by atoms with Crippen LogP contribution in [-0.2, 0) is 9.47 Å². The first kappa shape index (κ1) is 19.2. The summed E-state index contributed by atoms with van der Waals surface area (Å²) in [5.74, 6) is -0.644. The van der Waals surface area contributed by atoms with Crippen LogP contribution in [0.1, 0.15) is 13.3 Å². The maximum absolute atomic E-state index is 5.79. The van der Waals surface area contributed by atoms with Crippen LogP contribution in [0, 0.1) is 0 Å². The molecule has 0 saturated heterocycles. The second-order valence-electron chi connectivity index (χ2n) is 7.30. The zero-order valence-electron chi connectivity index (χ0n) is 15.9. The quantitative estimate of drug-likeness (QED) is 0.461. The third-order valence-corrected chi connectivity index (χ3v) is 15.5. The van der Waals surface area contributed by atoms with Gasteiger partial charge >= 0.3 is 175 Å². The summed E-state index contributed by atoms with van der Waals surface area (Å²) in [4.78, 5) is 0. The molecule has 0 spiro atoms. The summed E-state index contributed by atoms with van der Waals surface area (Å²) < 4.78 is 11.6. The fraction of sp³-hybridized carbons (Fsp3) is 0.167. The number of rotatable bonds is 6. The molecule has 1 aliphatic rings. The van der Waals surface area contributed by atoms with Gasteiger partial charge in [-0.1, -0.05) is 0 Å². The first-order valence-corrected chi connectivity index (χ1v) is 13.9. The predicted octanol–water partition coefficient (Wildman–Crippen LogP) is 5.45. The summed E-state index contributed by atoms with van der Waals surface area (Å²) in [6.07, 6.45) is 4.90. The van der Waals surface area contributed by atoms with E-state index in [1.807, 2.05) is 6.92 Å². The second-order valence-corrected chi connectivity index (χ2v) is 16.4. The van der Waals surface area contributed by atoms with Crippen molar-refractivity contribution in [1.29, 1.82) is 0 Å². The molecule has 2 nitrogen and oxygen atoms in total. The molecular formula is C24H24BrO2P. The van der Waals surface area contributed by atoms with E-state index in [4.69, 9.17) is 9.47 Å². The Morgan fingerprint density at radius 1 is 0.679 bits per heavy atom. The molecule has 3 aromatic carbocycles. The normalized spacial score (nSPS) is 16.6. The van der Waals surface area contributed by atoms with Gasteiger partial charge < -0.3 is 0 Å². The molecule has 4 heteroatoms. The van der Waals surface area contributed by atoms with Crippen LogP contribution in [-0.4, -0.2) is 11.9 Å². The van der Waals surface area contributed by atoms with Gasteiger partial charge in [-0.05, 0) is 0 Å². The Labute approximate surface area is 174 Å². The van der Waals surface area contributed by atoms with Crippen LogP contribution >= 0.6 is 20.8 Å². The van der Waals surface area contributed by atoms with E-state index in [9.17, 15) is 0 Å². The molecule has 0 amide bonds. The summed E-state index contributed by atoms with van der Waals surface area (Å²) in [5, 5.41) is 0.990. The maximum atomic E-state index is 5.79. The van der Waals surface area contributed by atoms with Crippen molar-refractivity contribution in [3.8, 4) is 0 Å². The van der Waals surface area contributed by atoms with Crippen molar-refractivity contribution in [2.24, 2.45) is 0 Å². The van der Waals surface area contributed by atoms with Crippen LogP contribution in [0.15, 0.2) is 104 Å². The molecule has 0 unspecified atom stereocenters. The van der Waals surface area contributed by atoms with Crippen molar-refractivity contribution in [1.82, 2.24) is 0 Å². The summed E-state index contributed by atoms with van der Waals surface area (Å²) in [7, 11) is 0. The van der Waals surface area contributed by atoms with Crippen LogP contribution in [0.4, 0.5) is 0 Å². The van der Waals surface area contributed by atoms with Crippen molar-refractivity contribution in [3.05, 3.63) is 104 Å². The minimum atomic E-state index is -2.93. The average molecular weight is 455 g/mol. The van der Waals surface area contributed by atoms with Crippen molar-refractivity contribution >= 4 is 36.7 Å². The number of benzene rings is 3. The van der Waals surface area contributed by atoms with E-state index in [2.05, 4.69) is 106 Å². The molecule has 0 radical (unpaired) electrons. The molecule has 0 aromatic heterocycles. The molecule has 0 atom stereocenters. The molecule has 144 valence electrons. The molecule has 1 heterocycles. The van der Waals surface area contributed by atoms with Crippen LogP contribution in [0.3, 0.4) is 0 Å². The van der Waals surface area contributed by atoms with E-state index >= 15 is 0 Å². The molecule has 0 aliphatic carbocycles. The van der Waals surface area contributed by atoms with Gasteiger partial charge in [-0.15, -0.1) is 0 Å². The van der Waals surface area contributed by atoms with Gasteiger partial charge in [-0.2, -0.15) is 0 Å². The van der Waals surface area contributed by atoms with Gasteiger partial charge in [0.05, 0.1) is 0 Å². The molecule has 3 aromatic rings. The number of ether oxygens (including phenoxy) is 2. The van der Waals surface area contributed by atoms with E-state index < -0.39 is 11.1 Å². The summed E-state index contributed by atoms with van der Waals surface area (Å²) in [5.41, 5.74) is 0. The fourth-order valence-electron chi connectivity index (χ4n) is 3.95. The number of hydrogen-bond donors (Lipinski definition) is 0. The standard InChI is InChI=1S/C24H24BrO2P/c1-24(26-18-19-27-24)17-20-28(25,21-11-5-2-6-12-21,22-13-7-3-8-14-22)23-15-9-4-10-16-23/h2-16,18-19H,17,20H2,1H3. The molecule has 0 bridgehead atoms. The van der Waals surface area contributed by atoms with Gasteiger partial charge in [0.1, 0.15) is 0 Å². The zero-order chi connectivity index (χ0) is 19.5. The van der Waals surface area contributed by atoms with E-state index in [1.54, 1.807) is 12.5 Å². The summed E-state index contributed by atoms with van der Waals surface area (Å²) >= 11 is 4.45. The first-order valence-electron chi connectivity index (χ1n) is 9.45. The van der Waals surface area contributed by atoms with Gasteiger partial charge in [0.25, 0.3) is 0 Å². The molecular weight excluding hydrogens is 431 g/mol. The van der Waals surface area contributed by atoms with E-state index in [0.717, 1.165) is 12.6 Å². The molecule has 0 saturated carbocycles. The predicted molar refractivity (Wildman–Crippen MR) is 123 cm³/mol. The third kappa shape index (κ3) is 3.17. The Hall–Kier alpha value is -2.09. The molecule has 4 rings (SSSR count). The average Bonchev–Trinajstić information content (AvgIpc) is 3.21. The summed E-state index contributed by atoms with van der Waals surface area (Å²) in [6.45, 7) is 2.00. The van der Waals surface area contributed by atoms with Gasteiger partial charge in [-0.3, -0.25) is 0 Å². The Bertz CT molecular complexity index is 850. The monoisotopic (exact) mass is 454 g/mol.